The Bertz CT molecular complexity index is 404. The normalized spacial score (nSPS) is 13.2. The highest BCUT2D eigenvalue weighted by molar-refractivity contribution is 5.67. The Morgan fingerprint density at radius 3 is 3.06 bits per heavy atom. The van der Waals surface area contributed by atoms with E-state index in [0.717, 1.165) is 25.1 Å². The molecule has 1 aromatic carbocycles. The van der Waals surface area contributed by atoms with Gasteiger partial charge in [-0.1, -0.05) is 25.1 Å². The summed E-state index contributed by atoms with van der Waals surface area (Å²) in [5.74, 6) is 0. The quantitative estimate of drug-likeness (QED) is 0.837. The van der Waals surface area contributed by atoms with Crippen LogP contribution < -0.4 is 10.6 Å². The van der Waals surface area contributed by atoms with E-state index >= 15 is 0 Å². The van der Waals surface area contributed by atoms with Gasteiger partial charge < -0.3 is 15.4 Å². The second kappa shape index (κ2) is 5.68. The van der Waals surface area contributed by atoms with Gasteiger partial charge in [0, 0.05) is 19.6 Å². The molecular weight excluding hydrogens is 216 g/mol. The number of hydrogen-bond donors (Lipinski definition) is 2. The number of benzene rings is 1. The Balaban J connectivity index is 1.85. The molecule has 0 saturated carbocycles. The van der Waals surface area contributed by atoms with Crippen molar-refractivity contribution in [2.24, 2.45) is 0 Å². The highest BCUT2D eigenvalue weighted by Gasteiger charge is 2.10. The summed E-state index contributed by atoms with van der Waals surface area (Å²) in [5.41, 5.74) is 3.79. The van der Waals surface area contributed by atoms with Crippen molar-refractivity contribution in [1.82, 2.24) is 10.6 Å². The van der Waals surface area contributed by atoms with Gasteiger partial charge in [-0.25, -0.2) is 4.79 Å². The smallest absolute Gasteiger partial charge is 0.407 e. The van der Waals surface area contributed by atoms with E-state index in [1.54, 1.807) is 0 Å². The van der Waals surface area contributed by atoms with Crippen molar-refractivity contribution < 1.29 is 9.53 Å². The first-order chi connectivity index (χ1) is 8.29. The number of rotatable bonds is 4. The second-order valence-electron chi connectivity index (χ2n) is 4.20. The fourth-order valence-corrected chi connectivity index (χ4v) is 1.88. The van der Waals surface area contributed by atoms with E-state index in [0.29, 0.717) is 13.2 Å². The molecule has 1 aliphatic heterocycles. The molecule has 0 aromatic heterocycles. The fourth-order valence-electron chi connectivity index (χ4n) is 1.88. The lowest BCUT2D eigenvalue weighted by molar-refractivity contribution is 0.146. The zero-order valence-electron chi connectivity index (χ0n) is 10.1. The van der Waals surface area contributed by atoms with E-state index in [1.165, 1.54) is 11.1 Å². The first-order valence-electron chi connectivity index (χ1n) is 6.01. The van der Waals surface area contributed by atoms with Gasteiger partial charge in [0.25, 0.3) is 0 Å². The third kappa shape index (κ3) is 3.20. The second-order valence-corrected chi connectivity index (χ2v) is 4.20. The molecule has 2 N–H and O–H groups in total. The minimum Gasteiger partial charge on any atom is -0.450 e. The molecule has 0 radical (unpaired) electrons. The molecule has 0 aliphatic carbocycles. The van der Waals surface area contributed by atoms with Gasteiger partial charge in [-0.2, -0.15) is 0 Å². The first-order valence-corrected chi connectivity index (χ1v) is 6.01. The number of hydrogen-bond acceptors (Lipinski definition) is 3. The monoisotopic (exact) mass is 234 g/mol. The molecular formula is C13H18N2O2. The van der Waals surface area contributed by atoms with E-state index in [4.69, 9.17) is 4.74 Å². The summed E-state index contributed by atoms with van der Waals surface area (Å²) in [6, 6.07) is 6.30. The summed E-state index contributed by atoms with van der Waals surface area (Å²) in [6.07, 6.45) is 0.503. The average molecular weight is 234 g/mol. The van der Waals surface area contributed by atoms with E-state index in [1.807, 2.05) is 13.0 Å². The lowest BCUT2D eigenvalue weighted by Crippen LogP contribution is -2.24. The van der Waals surface area contributed by atoms with E-state index < -0.39 is 0 Å². The third-order valence-corrected chi connectivity index (χ3v) is 2.78. The Morgan fingerprint density at radius 1 is 1.41 bits per heavy atom. The van der Waals surface area contributed by atoms with Gasteiger partial charge in [0.15, 0.2) is 0 Å². The number of ether oxygens (including phenoxy) is 1. The lowest BCUT2D eigenvalue weighted by atomic mass is 10.1. The number of carbonyl (C=O) groups is 1. The lowest BCUT2D eigenvalue weighted by Gasteiger charge is -2.07. The van der Waals surface area contributed by atoms with Crippen LogP contribution in [0.2, 0.25) is 0 Å². The molecule has 0 saturated heterocycles. The molecule has 0 spiro atoms. The Morgan fingerprint density at radius 2 is 2.24 bits per heavy atom. The Hall–Kier alpha value is -1.55. The maximum atomic E-state index is 11.3. The van der Waals surface area contributed by atoms with Gasteiger partial charge in [0.2, 0.25) is 0 Å². The summed E-state index contributed by atoms with van der Waals surface area (Å²) >= 11 is 0. The van der Waals surface area contributed by atoms with E-state index in [-0.39, 0.29) is 6.09 Å². The number of alkyl carbamates (subject to hydrolysis) is 1. The highest BCUT2D eigenvalue weighted by atomic mass is 16.5. The summed E-state index contributed by atoms with van der Waals surface area (Å²) in [7, 11) is 0. The van der Waals surface area contributed by atoms with Crippen LogP contribution in [0.5, 0.6) is 0 Å². The highest BCUT2D eigenvalue weighted by Crippen LogP contribution is 2.16. The van der Waals surface area contributed by atoms with Crippen LogP contribution in [0.15, 0.2) is 18.2 Å². The molecule has 0 fully saturated rings. The van der Waals surface area contributed by atoms with Crippen molar-refractivity contribution in [2.75, 3.05) is 6.61 Å². The molecule has 0 bridgehead atoms. The van der Waals surface area contributed by atoms with Crippen LogP contribution in [0, 0.1) is 0 Å². The summed E-state index contributed by atoms with van der Waals surface area (Å²) in [5, 5.41) is 6.04. The number of nitrogens with one attached hydrogen (secondary N) is 2. The van der Waals surface area contributed by atoms with Crippen molar-refractivity contribution >= 4 is 6.09 Å². The topological polar surface area (TPSA) is 50.4 Å². The SMILES string of the molecule is CCCOC(=O)NCc1ccc2c(c1)CNC2. The van der Waals surface area contributed by atoms with Crippen LogP contribution in [-0.4, -0.2) is 12.7 Å². The molecule has 1 amide bonds. The van der Waals surface area contributed by atoms with E-state index in [2.05, 4.69) is 22.8 Å². The van der Waals surface area contributed by atoms with Gasteiger partial charge in [-0.15, -0.1) is 0 Å². The maximum absolute atomic E-state index is 11.3. The van der Waals surface area contributed by atoms with Crippen molar-refractivity contribution in [3.05, 3.63) is 34.9 Å². The number of carbonyl (C=O) groups excluding carboxylic acids is 1. The molecule has 17 heavy (non-hydrogen) atoms. The zero-order valence-corrected chi connectivity index (χ0v) is 10.1. The van der Waals surface area contributed by atoms with Crippen LogP contribution >= 0.6 is 0 Å². The standard InChI is InChI=1S/C13H18N2O2/c1-2-5-17-13(16)15-7-10-3-4-11-8-14-9-12(11)6-10/h3-4,6,14H,2,5,7-9H2,1H3,(H,15,16). The van der Waals surface area contributed by atoms with Gasteiger partial charge in [0.05, 0.1) is 6.61 Å². The van der Waals surface area contributed by atoms with E-state index in [9.17, 15) is 4.79 Å². The minimum absolute atomic E-state index is 0.342. The Kier molecular flexibility index (Phi) is 3.98. The predicted molar refractivity (Wildman–Crippen MR) is 65.5 cm³/mol. The summed E-state index contributed by atoms with van der Waals surface area (Å²) < 4.78 is 4.94. The molecule has 4 nitrogen and oxygen atoms in total. The van der Waals surface area contributed by atoms with Crippen molar-refractivity contribution in [3.8, 4) is 0 Å². The van der Waals surface area contributed by atoms with Crippen molar-refractivity contribution in [2.45, 2.75) is 33.0 Å². The predicted octanol–water partition coefficient (Wildman–Crippen LogP) is 1.93. The fraction of sp³-hybridized carbons (Fsp3) is 0.462. The van der Waals surface area contributed by atoms with Gasteiger partial charge in [0.1, 0.15) is 0 Å². The number of fused-ring (bicyclic) bond motifs is 1. The Labute approximate surface area is 101 Å². The minimum atomic E-state index is -0.342. The van der Waals surface area contributed by atoms with Crippen LogP contribution in [0.3, 0.4) is 0 Å². The third-order valence-electron chi connectivity index (χ3n) is 2.78. The van der Waals surface area contributed by atoms with Crippen molar-refractivity contribution in [3.63, 3.8) is 0 Å². The largest absolute Gasteiger partial charge is 0.450 e. The zero-order chi connectivity index (χ0) is 12.1. The molecule has 1 aliphatic rings. The van der Waals surface area contributed by atoms with Gasteiger partial charge in [-0.05, 0) is 23.1 Å². The molecule has 92 valence electrons. The molecule has 1 heterocycles. The molecule has 0 atom stereocenters. The first kappa shape index (κ1) is 11.9. The molecule has 4 heteroatoms. The van der Waals surface area contributed by atoms with Crippen LogP contribution in [-0.2, 0) is 24.4 Å². The van der Waals surface area contributed by atoms with Crippen LogP contribution in [0.1, 0.15) is 30.0 Å². The van der Waals surface area contributed by atoms with Crippen LogP contribution in [0.4, 0.5) is 4.79 Å². The van der Waals surface area contributed by atoms with Gasteiger partial charge >= 0.3 is 6.09 Å². The van der Waals surface area contributed by atoms with Crippen molar-refractivity contribution in [1.29, 1.82) is 0 Å². The van der Waals surface area contributed by atoms with Gasteiger partial charge in [-0.3, -0.25) is 0 Å². The molecule has 1 aromatic rings. The average Bonchev–Trinajstić information content (AvgIpc) is 2.81. The molecule has 0 unspecified atom stereocenters. The number of amides is 1. The molecule has 2 rings (SSSR count). The van der Waals surface area contributed by atoms with Crippen LogP contribution in [0.25, 0.3) is 0 Å². The summed E-state index contributed by atoms with van der Waals surface area (Å²) in [4.78, 5) is 11.3. The summed E-state index contributed by atoms with van der Waals surface area (Å²) in [6.45, 7) is 4.83. The maximum Gasteiger partial charge on any atom is 0.407 e.